The third kappa shape index (κ3) is 4.33. The number of hydrogen-bond acceptors (Lipinski definition) is 3. The zero-order valence-corrected chi connectivity index (χ0v) is 10.6. The number of nitrogens with one attached hydrogen (secondary N) is 1. The normalized spacial score (nSPS) is 15.1. The van der Waals surface area contributed by atoms with Crippen molar-refractivity contribution in [1.29, 1.82) is 0 Å². The van der Waals surface area contributed by atoms with Gasteiger partial charge < -0.3 is 10.1 Å². The van der Waals surface area contributed by atoms with E-state index in [2.05, 4.69) is 36.7 Å². The molecule has 1 N–H and O–H groups in total. The lowest BCUT2D eigenvalue weighted by Gasteiger charge is -2.18. The van der Waals surface area contributed by atoms with Gasteiger partial charge in [0, 0.05) is 31.2 Å². The molecule has 0 aromatic carbocycles. The van der Waals surface area contributed by atoms with E-state index in [1.165, 1.54) is 4.88 Å². The van der Waals surface area contributed by atoms with Crippen LogP contribution < -0.4 is 5.32 Å². The van der Waals surface area contributed by atoms with Gasteiger partial charge in [0.2, 0.25) is 0 Å². The molecule has 0 spiro atoms. The zero-order valence-electron chi connectivity index (χ0n) is 9.82. The van der Waals surface area contributed by atoms with Crippen LogP contribution in [0, 0.1) is 5.92 Å². The zero-order chi connectivity index (χ0) is 11.1. The fourth-order valence-corrected chi connectivity index (χ4v) is 2.51. The number of methoxy groups -OCH3 is 1. The maximum atomic E-state index is 5.12. The molecule has 0 radical (unpaired) electrons. The Morgan fingerprint density at radius 1 is 1.53 bits per heavy atom. The van der Waals surface area contributed by atoms with Gasteiger partial charge in [-0.3, -0.25) is 0 Å². The van der Waals surface area contributed by atoms with Gasteiger partial charge in [-0.2, -0.15) is 0 Å². The third-order valence-electron chi connectivity index (χ3n) is 2.46. The Morgan fingerprint density at radius 2 is 2.33 bits per heavy atom. The van der Waals surface area contributed by atoms with Crippen LogP contribution in [0.3, 0.4) is 0 Å². The van der Waals surface area contributed by atoms with Gasteiger partial charge in [-0.1, -0.05) is 19.9 Å². The SMILES string of the molecule is CCC(NCC(C)COC)c1cccs1. The van der Waals surface area contributed by atoms with Crippen molar-refractivity contribution in [2.75, 3.05) is 20.3 Å². The van der Waals surface area contributed by atoms with Crippen LogP contribution in [0.5, 0.6) is 0 Å². The molecule has 0 fully saturated rings. The van der Waals surface area contributed by atoms with E-state index in [0.717, 1.165) is 19.6 Å². The van der Waals surface area contributed by atoms with Crippen molar-refractivity contribution < 1.29 is 4.74 Å². The molecular formula is C12H21NOS. The van der Waals surface area contributed by atoms with Gasteiger partial charge in [-0.25, -0.2) is 0 Å². The summed E-state index contributed by atoms with van der Waals surface area (Å²) in [7, 11) is 1.76. The van der Waals surface area contributed by atoms with Crippen LogP contribution in [0.15, 0.2) is 17.5 Å². The van der Waals surface area contributed by atoms with E-state index in [1.807, 2.05) is 11.3 Å². The van der Waals surface area contributed by atoms with Crippen molar-refractivity contribution >= 4 is 11.3 Å². The molecule has 86 valence electrons. The predicted octanol–water partition coefficient (Wildman–Crippen LogP) is 3.07. The summed E-state index contributed by atoms with van der Waals surface area (Å²) in [6.45, 7) is 6.27. The second kappa shape index (κ2) is 6.99. The van der Waals surface area contributed by atoms with E-state index >= 15 is 0 Å². The van der Waals surface area contributed by atoms with Gasteiger partial charge in [-0.15, -0.1) is 11.3 Å². The smallest absolute Gasteiger partial charge is 0.0499 e. The summed E-state index contributed by atoms with van der Waals surface area (Å²) in [5.41, 5.74) is 0. The average Bonchev–Trinajstić information content (AvgIpc) is 2.72. The van der Waals surface area contributed by atoms with Crippen LogP contribution in [0.2, 0.25) is 0 Å². The second-order valence-electron chi connectivity index (χ2n) is 3.95. The Bertz CT molecular complexity index is 248. The summed E-state index contributed by atoms with van der Waals surface area (Å²) in [6.07, 6.45) is 1.14. The van der Waals surface area contributed by atoms with E-state index in [0.29, 0.717) is 12.0 Å². The Hall–Kier alpha value is -0.380. The van der Waals surface area contributed by atoms with Crippen molar-refractivity contribution in [3.05, 3.63) is 22.4 Å². The summed E-state index contributed by atoms with van der Waals surface area (Å²) in [5.74, 6) is 0.573. The molecule has 3 heteroatoms. The second-order valence-corrected chi connectivity index (χ2v) is 4.92. The lowest BCUT2D eigenvalue weighted by Crippen LogP contribution is -2.27. The van der Waals surface area contributed by atoms with E-state index in [-0.39, 0.29) is 0 Å². The van der Waals surface area contributed by atoms with Crippen LogP contribution in [0.25, 0.3) is 0 Å². The van der Waals surface area contributed by atoms with Crippen molar-refractivity contribution in [3.63, 3.8) is 0 Å². The Morgan fingerprint density at radius 3 is 2.87 bits per heavy atom. The molecule has 1 heterocycles. The molecule has 1 aromatic rings. The van der Waals surface area contributed by atoms with Gasteiger partial charge in [0.15, 0.2) is 0 Å². The number of ether oxygens (including phenoxy) is 1. The molecule has 0 amide bonds. The highest BCUT2D eigenvalue weighted by atomic mass is 32.1. The molecule has 2 unspecified atom stereocenters. The highest BCUT2D eigenvalue weighted by Crippen LogP contribution is 2.21. The lowest BCUT2D eigenvalue weighted by molar-refractivity contribution is 0.157. The quantitative estimate of drug-likeness (QED) is 0.773. The molecule has 0 aliphatic carbocycles. The first-order valence-corrected chi connectivity index (χ1v) is 6.41. The van der Waals surface area contributed by atoms with Crippen LogP contribution >= 0.6 is 11.3 Å². The van der Waals surface area contributed by atoms with Gasteiger partial charge in [0.25, 0.3) is 0 Å². The minimum absolute atomic E-state index is 0.504. The van der Waals surface area contributed by atoms with Gasteiger partial charge in [0.1, 0.15) is 0 Å². The van der Waals surface area contributed by atoms with E-state index in [9.17, 15) is 0 Å². The Labute approximate surface area is 96.7 Å². The van der Waals surface area contributed by atoms with E-state index < -0.39 is 0 Å². The largest absolute Gasteiger partial charge is 0.384 e. The van der Waals surface area contributed by atoms with Crippen LogP contribution in [-0.2, 0) is 4.74 Å². The number of rotatable bonds is 7. The summed E-state index contributed by atoms with van der Waals surface area (Å²) in [5, 5.41) is 5.72. The maximum absolute atomic E-state index is 5.12. The van der Waals surface area contributed by atoms with Crippen LogP contribution in [-0.4, -0.2) is 20.3 Å². The first kappa shape index (κ1) is 12.7. The average molecular weight is 227 g/mol. The minimum atomic E-state index is 0.504. The molecule has 2 nitrogen and oxygen atoms in total. The predicted molar refractivity (Wildman–Crippen MR) is 66.4 cm³/mol. The molecule has 1 aromatic heterocycles. The van der Waals surface area contributed by atoms with Crippen molar-refractivity contribution in [1.82, 2.24) is 5.32 Å². The molecule has 0 aliphatic heterocycles. The first-order chi connectivity index (χ1) is 7.27. The van der Waals surface area contributed by atoms with Crippen LogP contribution in [0.4, 0.5) is 0 Å². The van der Waals surface area contributed by atoms with Gasteiger partial charge >= 0.3 is 0 Å². The number of hydrogen-bond donors (Lipinski definition) is 1. The molecule has 1 rings (SSSR count). The van der Waals surface area contributed by atoms with Crippen molar-refractivity contribution in [3.8, 4) is 0 Å². The number of thiophene rings is 1. The maximum Gasteiger partial charge on any atom is 0.0499 e. The summed E-state index contributed by atoms with van der Waals surface area (Å²) >= 11 is 1.83. The molecule has 15 heavy (non-hydrogen) atoms. The monoisotopic (exact) mass is 227 g/mol. The fraction of sp³-hybridized carbons (Fsp3) is 0.667. The highest BCUT2D eigenvalue weighted by Gasteiger charge is 2.10. The summed E-state index contributed by atoms with van der Waals surface area (Å²) < 4.78 is 5.12. The molecule has 0 saturated heterocycles. The van der Waals surface area contributed by atoms with Gasteiger partial charge in [-0.05, 0) is 23.8 Å². The van der Waals surface area contributed by atoms with E-state index in [4.69, 9.17) is 4.74 Å². The van der Waals surface area contributed by atoms with Crippen LogP contribution in [0.1, 0.15) is 31.2 Å². The Kier molecular flexibility index (Phi) is 5.91. The summed E-state index contributed by atoms with van der Waals surface area (Å²) in [6, 6.07) is 4.82. The molecule has 0 aliphatic rings. The molecule has 0 bridgehead atoms. The molecule has 0 saturated carbocycles. The molecular weight excluding hydrogens is 206 g/mol. The topological polar surface area (TPSA) is 21.3 Å². The highest BCUT2D eigenvalue weighted by molar-refractivity contribution is 7.10. The van der Waals surface area contributed by atoms with Crippen molar-refractivity contribution in [2.45, 2.75) is 26.3 Å². The van der Waals surface area contributed by atoms with E-state index in [1.54, 1.807) is 7.11 Å². The molecule has 2 atom stereocenters. The first-order valence-electron chi connectivity index (χ1n) is 5.53. The summed E-state index contributed by atoms with van der Waals surface area (Å²) in [4.78, 5) is 1.43. The lowest BCUT2D eigenvalue weighted by atomic mass is 10.1. The fourth-order valence-electron chi connectivity index (χ4n) is 1.62. The Balaban J connectivity index is 2.35. The standard InChI is InChI=1S/C12H21NOS/c1-4-11(12-6-5-7-15-12)13-8-10(2)9-14-3/h5-7,10-11,13H,4,8-9H2,1-3H3. The minimum Gasteiger partial charge on any atom is -0.384 e. The van der Waals surface area contributed by atoms with Gasteiger partial charge in [0.05, 0.1) is 0 Å². The van der Waals surface area contributed by atoms with Crippen molar-refractivity contribution in [2.24, 2.45) is 5.92 Å². The third-order valence-corrected chi connectivity index (χ3v) is 3.44.